The summed E-state index contributed by atoms with van der Waals surface area (Å²) in [6.45, 7) is 0. The minimum atomic E-state index is -0.680. The lowest BCUT2D eigenvalue weighted by Crippen LogP contribution is -2.49. The molecule has 1 aromatic carbocycles. The van der Waals surface area contributed by atoms with Crippen molar-refractivity contribution in [3.8, 4) is 17.3 Å². The van der Waals surface area contributed by atoms with Crippen molar-refractivity contribution in [2.75, 3.05) is 5.75 Å². The number of nitrogens with zero attached hydrogens (tertiary/aromatic N) is 3. The van der Waals surface area contributed by atoms with Crippen LogP contribution in [0.1, 0.15) is 32.1 Å². The van der Waals surface area contributed by atoms with E-state index in [4.69, 9.17) is 0 Å². The van der Waals surface area contributed by atoms with Crippen molar-refractivity contribution in [3.05, 3.63) is 34.9 Å². The Morgan fingerprint density at radius 3 is 2.69 bits per heavy atom. The molecule has 7 heteroatoms. The number of nitriles is 1. The SMILES string of the molecule is Cn1c(-c2ccc(Br)cc2)cnc1SCC(=O)NC1(C#N)CCCCC1. The zero-order valence-corrected chi connectivity index (χ0v) is 17.1. The van der Waals surface area contributed by atoms with Gasteiger partial charge in [-0.05, 0) is 30.5 Å². The third-order valence-corrected chi connectivity index (χ3v) is 6.29. The second-order valence-corrected chi connectivity index (χ2v) is 8.44. The number of amides is 1. The average Bonchev–Trinajstić information content (AvgIpc) is 3.02. The average molecular weight is 433 g/mol. The van der Waals surface area contributed by atoms with Crippen LogP contribution >= 0.6 is 27.7 Å². The Morgan fingerprint density at radius 1 is 1.35 bits per heavy atom. The van der Waals surface area contributed by atoms with Crippen LogP contribution in [0.2, 0.25) is 0 Å². The molecule has 1 heterocycles. The van der Waals surface area contributed by atoms with Crippen LogP contribution in [0.4, 0.5) is 0 Å². The number of hydrogen-bond donors (Lipinski definition) is 1. The number of nitrogens with one attached hydrogen (secondary N) is 1. The summed E-state index contributed by atoms with van der Waals surface area (Å²) >= 11 is 4.83. The van der Waals surface area contributed by atoms with Crippen LogP contribution in [0.15, 0.2) is 40.1 Å². The molecule has 1 aliphatic carbocycles. The van der Waals surface area contributed by atoms with E-state index in [2.05, 4.69) is 32.3 Å². The normalized spacial score (nSPS) is 16.0. The van der Waals surface area contributed by atoms with E-state index in [-0.39, 0.29) is 11.7 Å². The standard InChI is InChI=1S/C19H21BrN4OS/c1-24-16(14-5-7-15(20)8-6-14)11-22-18(24)26-12-17(25)23-19(13-21)9-3-2-4-10-19/h5-8,11H,2-4,9-10,12H2,1H3,(H,23,25). The second kappa shape index (κ2) is 8.28. The Balaban J connectivity index is 1.62. The molecule has 5 nitrogen and oxygen atoms in total. The molecule has 0 unspecified atom stereocenters. The highest BCUT2D eigenvalue weighted by Crippen LogP contribution is 2.29. The molecular formula is C19H21BrN4OS. The van der Waals surface area contributed by atoms with Gasteiger partial charge in [0.05, 0.1) is 23.7 Å². The molecule has 2 aromatic rings. The Morgan fingerprint density at radius 2 is 2.04 bits per heavy atom. The summed E-state index contributed by atoms with van der Waals surface area (Å²) in [6.07, 6.45) is 6.45. The third kappa shape index (κ3) is 4.30. The van der Waals surface area contributed by atoms with Crippen LogP contribution in [0.3, 0.4) is 0 Å². The van der Waals surface area contributed by atoms with Crippen molar-refractivity contribution in [2.24, 2.45) is 7.05 Å². The number of aromatic nitrogens is 2. The molecule has 3 rings (SSSR count). The summed E-state index contributed by atoms with van der Waals surface area (Å²) < 4.78 is 3.02. The number of rotatable bonds is 5. The smallest absolute Gasteiger partial charge is 0.231 e. The first-order chi connectivity index (χ1) is 12.5. The third-order valence-electron chi connectivity index (χ3n) is 4.72. The summed E-state index contributed by atoms with van der Waals surface area (Å²) in [5.74, 6) is 0.153. The molecule has 0 spiro atoms. The molecule has 0 radical (unpaired) electrons. The highest BCUT2D eigenvalue weighted by Gasteiger charge is 2.33. The van der Waals surface area contributed by atoms with Crippen molar-refractivity contribution in [2.45, 2.75) is 42.8 Å². The Kier molecular flexibility index (Phi) is 6.05. The van der Waals surface area contributed by atoms with Crippen LogP contribution in [0, 0.1) is 11.3 Å². The van der Waals surface area contributed by atoms with Gasteiger partial charge in [-0.25, -0.2) is 4.98 Å². The Bertz CT molecular complexity index is 819. The van der Waals surface area contributed by atoms with E-state index in [0.29, 0.717) is 0 Å². The lowest BCUT2D eigenvalue weighted by Gasteiger charge is -2.31. The minimum absolute atomic E-state index is 0.105. The van der Waals surface area contributed by atoms with Gasteiger partial charge in [0, 0.05) is 11.5 Å². The van der Waals surface area contributed by atoms with E-state index in [9.17, 15) is 10.1 Å². The molecule has 136 valence electrons. The van der Waals surface area contributed by atoms with Crippen molar-refractivity contribution < 1.29 is 4.79 Å². The number of thioether (sulfide) groups is 1. The highest BCUT2D eigenvalue weighted by molar-refractivity contribution is 9.10. The first-order valence-corrected chi connectivity index (χ1v) is 10.4. The number of carbonyl (C=O) groups is 1. The monoisotopic (exact) mass is 432 g/mol. The van der Waals surface area contributed by atoms with E-state index in [0.717, 1.165) is 53.0 Å². The highest BCUT2D eigenvalue weighted by atomic mass is 79.9. The predicted octanol–water partition coefficient (Wildman–Crippen LogP) is 4.28. The quantitative estimate of drug-likeness (QED) is 0.715. The van der Waals surface area contributed by atoms with Gasteiger partial charge >= 0.3 is 0 Å². The molecule has 0 aliphatic heterocycles. The van der Waals surface area contributed by atoms with Crippen LogP contribution in [-0.2, 0) is 11.8 Å². The van der Waals surface area contributed by atoms with E-state index in [1.165, 1.54) is 11.8 Å². The molecule has 0 bridgehead atoms. The van der Waals surface area contributed by atoms with Crippen LogP contribution < -0.4 is 5.32 Å². The fourth-order valence-electron chi connectivity index (χ4n) is 3.27. The van der Waals surface area contributed by atoms with E-state index >= 15 is 0 Å². The maximum atomic E-state index is 12.3. The van der Waals surface area contributed by atoms with E-state index < -0.39 is 5.54 Å². The van der Waals surface area contributed by atoms with E-state index in [1.54, 1.807) is 0 Å². The van der Waals surface area contributed by atoms with Crippen molar-refractivity contribution >= 4 is 33.6 Å². The number of imidazole rings is 1. The van der Waals surface area contributed by atoms with E-state index in [1.807, 2.05) is 42.1 Å². The lowest BCUT2D eigenvalue weighted by molar-refractivity contribution is -0.120. The van der Waals surface area contributed by atoms with Crippen molar-refractivity contribution in [1.29, 1.82) is 5.26 Å². The van der Waals surface area contributed by atoms with Gasteiger partial charge in [-0.3, -0.25) is 4.79 Å². The fraction of sp³-hybridized carbons (Fsp3) is 0.421. The molecule has 1 saturated carbocycles. The topological polar surface area (TPSA) is 70.7 Å². The van der Waals surface area contributed by atoms with Crippen molar-refractivity contribution in [1.82, 2.24) is 14.9 Å². The molecule has 26 heavy (non-hydrogen) atoms. The molecule has 1 N–H and O–H groups in total. The van der Waals surface area contributed by atoms with Crippen molar-refractivity contribution in [3.63, 3.8) is 0 Å². The predicted molar refractivity (Wildman–Crippen MR) is 107 cm³/mol. The maximum Gasteiger partial charge on any atom is 0.231 e. The van der Waals surface area contributed by atoms with Gasteiger partial charge in [-0.15, -0.1) is 0 Å². The summed E-state index contributed by atoms with van der Waals surface area (Å²) in [6, 6.07) is 10.4. The molecule has 1 aliphatic rings. The van der Waals surface area contributed by atoms with Gasteiger partial charge < -0.3 is 9.88 Å². The van der Waals surface area contributed by atoms with Gasteiger partial charge in [0.25, 0.3) is 0 Å². The lowest BCUT2D eigenvalue weighted by atomic mass is 9.83. The molecule has 0 saturated heterocycles. The number of hydrogen-bond acceptors (Lipinski definition) is 4. The molecular weight excluding hydrogens is 412 g/mol. The van der Waals surface area contributed by atoms with Crippen LogP contribution in [0.5, 0.6) is 0 Å². The number of halogens is 1. The summed E-state index contributed by atoms with van der Waals surface area (Å²) in [5, 5.41) is 13.2. The van der Waals surface area contributed by atoms with Gasteiger partial charge in [0.1, 0.15) is 5.54 Å². The minimum Gasteiger partial charge on any atom is -0.337 e. The zero-order valence-electron chi connectivity index (χ0n) is 14.7. The Labute approximate surface area is 166 Å². The first kappa shape index (κ1) is 19.0. The maximum absolute atomic E-state index is 12.3. The largest absolute Gasteiger partial charge is 0.337 e. The Hall–Kier alpha value is -1.78. The summed E-state index contributed by atoms with van der Waals surface area (Å²) in [7, 11) is 1.95. The summed E-state index contributed by atoms with van der Waals surface area (Å²) in [4.78, 5) is 16.8. The second-order valence-electron chi connectivity index (χ2n) is 6.58. The summed E-state index contributed by atoms with van der Waals surface area (Å²) in [5.41, 5.74) is 1.39. The van der Waals surface area contributed by atoms with Crippen LogP contribution in [-0.4, -0.2) is 26.8 Å². The fourth-order valence-corrected chi connectivity index (χ4v) is 4.28. The first-order valence-electron chi connectivity index (χ1n) is 8.66. The zero-order chi connectivity index (χ0) is 18.6. The molecule has 0 atom stereocenters. The van der Waals surface area contributed by atoms with Gasteiger partial charge in [-0.2, -0.15) is 5.26 Å². The van der Waals surface area contributed by atoms with Gasteiger partial charge in [0.15, 0.2) is 5.16 Å². The number of benzene rings is 1. The number of carbonyl (C=O) groups excluding carboxylic acids is 1. The van der Waals surface area contributed by atoms with Crippen LogP contribution in [0.25, 0.3) is 11.3 Å². The molecule has 1 fully saturated rings. The molecule has 1 amide bonds. The molecule has 1 aromatic heterocycles. The van der Waals surface area contributed by atoms with Gasteiger partial charge in [-0.1, -0.05) is 59.1 Å². The van der Waals surface area contributed by atoms with Gasteiger partial charge in [0.2, 0.25) is 5.91 Å².